The van der Waals surface area contributed by atoms with Crippen molar-refractivity contribution in [3.8, 4) is 0 Å². The highest BCUT2D eigenvalue weighted by molar-refractivity contribution is 5.82. The largest absolute Gasteiger partial charge is 0.544 e. The van der Waals surface area contributed by atoms with E-state index in [1.807, 2.05) is 0 Å². The Hall–Kier alpha value is -1.46. The highest BCUT2D eigenvalue weighted by Gasteiger charge is 2.38. The first-order valence-corrected chi connectivity index (χ1v) is 8.25. The van der Waals surface area contributed by atoms with E-state index >= 15 is 0 Å². The summed E-state index contributed by atoms with van der Waals surface area (Å²) in [6.45, 7) is 3.84. The van der Waals surface area contributed by atoms with E-state index in [0.29, 0.717) is 6.42 Å². The van der Waals surface area contributed by atoms with Crippen LogP contribution in [0.2, 0.25) is 0 Å². The van der Waals surface area contributed by atoms with Crippen LogP contribution < -0.4 is 10.8 Å². The molecule has 0 fully saturated rings. The topological polar surface area (TPSA) is 78.5 Å². The Balaban J connectivity index is 2.45. The molecule has 0 bridgehead atoms. The van der Waals surface area contributed by atoms with Crippen LogP contribution in [-0.4, -0.2) is 29.0 Å². The Kier molecular flexibility index (Phi) is 8.06. The second-order valence-electron chi connectivity index (χ2n) is 5.92. The molecule has 0 aliphatic carbocycles. The fourth-order valence-electron chi connectivity index (χ4n) is 2.70. The number of rotatable bonds is 11. The molecule has 1 rings (SSSR count). The zero-order valence-electron chi connectivity index (χ0n) is 13.8. The van der Waals surface area contributed by atoms with Gasteiger partial charge in [-0.25, -0.2) is 9.48 Å². The molecule has 0 saturated heterocycles. The first kappa shape index (κ1) is 18.6. The van der Waals surface area contributed by atoms with Gasteiger partial charge in [0.25, 0.3) is 0 Å². The van der Waals surface area contributed by atoms with E-state index in [1.165, 1.54) is 32.1 Å². The monoisotopic (exact) mass is 307 g/mol. The van der Waals surface area contributed by atoms with Gasteiger partial charge >= 0.3 is 0 Å². The predicted octanol–water partition coefficient (Wildman–Crippen LogP) is 2.05. The lowest BCUT2D eigenvalue weighted by molar-refractivity contribution is -0.807. The predicted molar refractivity (Wildman–Crippen MR) is 87.5 cm³/mol. The van der Waals surface area contributed by atoms with Crippen LogP contribution in [0.3, 0.4) is 0 Å². The summed E-state index contributed by atoms with van der Waals surface area (Å²) in [5.41, 5.74) is 5.99. The van der Waals surface area contributed by atoms with Crippen molar-refractivity contribution in [1.82, 2.24) is 0 Å². The molecular formula is C17H29N3O2. The molecule has 0 radical (unpaired) electrons. The molecule has 5 heteroatoms. The van der Waals surface area contributed by atoms with Gasteiger partial charge in [0.15, 0.2) is 0 Å². The van der Waals surface area contributed by atoms with Crippen LogP contribution in [0.25, 0.3) is 0 Å². The second kappa shape index (κ2) is 9.54. The van der Waals surface area contributed by atoms with Gasteiger partial charge in [0, 0.05) is 6.92 Å². The van der Waals surface area contributed by atoms with E-state index in [2.05, 4.69) is 24.1 Å². The lowest BCUT2D eigenvalue weighted by atomic mass is 10.1. The molecule has 2 unspecified atom stereocenters. The van der Waals surface area contributed by atoms with E-state index in [9.17, 15) is 9.90 Å². The molecule has 5 nitrogen and oxygen atoms in total. The van der Waals surface area contributed by atoms with Gasteiger partial charge in [0.1, 0.15) is 18.9 Å². The van der Waals surface area contributed by atoms with Crippen molar-refractivity contribution >= 4 is 11.8 Å². The molecule has 0 amide bonds. The van der Waals surface area contributed by atoms with E-state index < -0.39 is 5.97 Å². The molecule has 1 aliphatic heterocycles. The van der Waals surface area contributed by atoms with Gasteiger partial charge < -0.3 is 9.90 Å². The summed E-state index contributed by atoms with van der Waals surface area (Å²) in [4.78, 5) is 15.3. The quantitative estimate of drug-likeness (QED) is 0.360. The number of nitrogens with zero attached hydrogens (tertiary/aromatic N) is 2. The number of unbranched alkanes of at least 4 members (excludes halogenated alkanes) is 5. The molecule has 22 heavy (non-hydrogen) atoms. The summed E-state index contributed by atoms with van der Waals surface area (Å²) in [7, 11) is 0. The maximum Gasteiger partial charge on any atom is 0.213 e. The first-order valence-electron chi connectivity index (χ1n) is 8.25. The highest BCUT2D eigenvalue weighted by atomic mass is 16.4. The smallest absolute Gasteiger partial charge is 0.213 e. The minimum Gasteiger partial charge on any atom is -0.544 e. The van der Waals surface area contributed by atoms with Crippen molar-refractivity contribution < 1.29 is 14.4 Å². The normalized spacial score (nSPS) is 22.2. The van der Waals surface area contributed by atoms with Crippen LogP contribution in [-0.2, 0) is 4.79 Å². The van der Waals surface area contributed by atoms with Crippen LogP contribution >= 0.6 is 0 Å². The Morgan fingerprint density at radius 1 is 1.36 bits per heavy atom. The van der Waals surface area contributed by atoms with Gasteiger partial charge in [-0.05, 0) is 12.8 Å². The van der Waals surface area contributed by atoms with E-state index in [4.69, 9.17) is 5.73 Å². The zero-order chi connectivity index (χ0) is 16.4. The third-order valence-electron chi connectivity index (χ3n) is 4.10. The minimum absolute atomic E-state index is 0.0587. The standard InChI is InChI=1S/C17H29N3O2/c1-3-4-5-6-7-8-9-10-11-16-19-12-13-20(16,15(2)18)14-17(21)22/h9-10,12-13,15H,3-8,11,14,18H2,1-2H3/b10-9+. The molecule has 124 valence electrons. The van der Waals surface area contributed by atoms with Crippen molar-refractivity contribution in [3.63, 3.8) is 0 Å². The average molecular weight is 307 g/mol. The van der Waals surface area contributed by atoms with Crippen molar-refractivity contribution in [3.05, 3.63) is 24.6 Å². The third-order valence-corrected chi connectivity index (χ3v) is 4.10. The number of carboxylic acids is 1. The number of carboxylic acid groups (broad SMARTS) is 1. The first-order chi connectivity index (χ1) is 10.5. The summed E-state index contributed by atoms with van der Waals surface area (Å²) in [5, 5.41) is 11.0. The lowest BCUT2D eigenvalue weighted by Crippen LogP contribution is -2.60. The molecule has 0 spiro atoms. The number of quaternary nitrogens is 1. The van der Waals surface area contributed by atoms with Crippen LogP contribution in [0.4, 0.5) is 0 Å². The van der Waals surface area contributed by atoms with Crippen molar-refractivity contribution in [1.29, 1.82) is 0 Å². The number of aliphatic imine (C=N–C) groups is 1. The summed E-state index contributed by atoms with van der Waals surface area (Å²) in [6.07, 6.45) is 15.3. The fourth-order valence-corrected chi connectivity index (χ4v) is 2.70. The summed E-state index contributed by atoms with van der Waals surface area (Å²) in [6, 6.07) is 0. The summed E-state index contributed by atoms with van der Waals surface area (Å²) >= 11 is 0. The number of carbonyl (C=O) groups is 1. The molecule has 0 saturated carbocycles. The SMILES string of the molecule is CCCCCCC/C=C/CC1=NC=C[N+]1(CC(=O)[O-])C(C)N. The molecule has 1 aliphatic rings. The molecule has 0 aromatic carbocycles. The Morgan fingerprint density at radius 2 is 2.09 bits per heavy atom. The minimum atomic E-state index is -1.11. The van der Waals surface area contributed by atoms with Crippen LogP contribution in [0.15, 0.2) is 29.5 Å². The van der Waals surface area contributed by atoms with Gasteiger partial charge in [0.05, 0.1) is 18.6 Å². The number of aliphatic carboxylic acids is 1. The number of hydrogen-bond donors (Lipinski definition) is 1. The zero-order valence-corrected chi connectivity index (χ0v) is 13.8. The van der Waals surface area contributed by atoms with Gasteiger partial charge in [-0.15, -0.1) is 0 Å². The van der Waals surface area contributed by atoms with Crippen molar-refractivity contribution in [2.24, 2.45) is 10.7 Å². The summed E-state index contributed by atoms with van der Waals surface area (Å²) in [5.74, 6) is -0.349. The fraction of sp³-hybridized carbons (Fsp3) is 0.647. The number of hydrogen-bond acceptors (Lipinski definition) is 4. The van der Waals surface area contributed by atoms with Crippen molar-refractivity contribution in [2.45, 2.75) is 65.0 Å². The molecule has 0 aromatic rings. The van der Waals surface area contributed by atoms with E-state index in [-0.39, 0.29) is 17.2 Å². The average Bonchev–Trinajstić information content (AvgIpc) is 2.85. The van der Waals surface area contributed by atoms with Gasteiger partial charge in [0.2, 0.25) is 5.84 Å². The van der Waals surface area contributed by atoms with E-state index in [0.717, 1.165) is 12.3 Å². The van der Waals surface area contributed by atoms with Crippen LogP contribution in [0.1, 0.15) is 58.8 Å². The number of carbonyl (C=O) groups excluding carboxylic acids is 1. The van der Waals surface area contributed by atoms with Crippen LogP contribution in [0, 0.1) is 0 Å². The highest BCUT2D eigenvalue weighted by Crippen LogP contribution is 2.21. The van der Waals surface area contributed by atoms with Crippen LogP contribution in [0.5, 0.6) is 0 Å². The Labute approximate surface area is 133 Å². The van der Waals surface area contributed by atoms with Gasteiger partial charge in [-0.2, -0.15) is 0 Å². The maximum atomic E-state index is 11.0. The molecule has 2 atom stereocenters. The number of amidine groups is 1. The van der Waals surface area contributed by atoms with Gasteiger partial charge in [-0.1, -0.05) is 44.8 Å². The Bertz CT molecular complexity index is 441. The lowest BCUT2D eigenvalue weighted by Gasteiger charge is -2.35. The molecule has 2 N–H and O–H groups in total. The second-order valence-corrected chi connectivity index (χ2v) is 5.92. The third kappa shape index (κ3) is 5.39. The van der Waals surface area contributed by atoms with Gasteiger partial charge in [-0.3, -0.25) is 5.73 Å². The van der Waals surface area contributed by atoms with E-state index in [1.54, 1.807) is 19.3 Å². The maximum absolute atomic E-state index is 11.0. The summed E-state index contributed by atoms with van der Waals surface area (Å²) < 4.78 is 0.0587. The Morgan fingerprint density at radius 3 is 2.73 bits per heavy atom. The molecular weight excluding hydrogens is 278 g/mol. The molecule has 0 aromatic heterocycles. The van der Waals surface area contributed by atoms with Crippen molar-refractivity contribution in [2.75, 3.05) is 6.54 Å². The molecule has 1 heterocycles. The number of nitrogens with two attached hydrogens (primary N) is 1. The number of allylic oxidation sites excluding steroid dienone is 1.